The van der Waals surface area contributed by atoms with Crippen molar-refractivity contribution in [3.05, 3.63) is 206 Å². The Hall–Kier alpha value is -7.02. The van der Waals surface area contributed by atoms with Crippen LogP contribution in [0.3, 0.4) is 0 Å². The Morgan fingerprint density at radius 1 is 0.204 bits per heavy atom. The largest absolute Gasteiger partial charge is 0.0622 e. The third kappa shape index (κ3) is 4.71. The van der Waals surface area contributed by atoms with Gasteiger partial charge in [0, 0.05) is 0 Å². The fourth-order valence-corrected chi connectivity index (χ4v) is 9.02. The quantitative estimate of drug-likeness (QED) is 0.169. The lowest BCUT2D eigenvalue weighted by molar-refractivity contribution is 1.57. The zero-order valence-electron chi connectivity index (χ0n) is 29.6. The Morgan fingerprint density at radius 3 is 1.37 bits per heavy atom. The van der Waals surface area contributed by atoms with Crippen LogP contribution in [-0.2, 0) is 0 Å². The van der Waals surface area contributed by atoms with E-state index in [2.05, 4.69) is 206 Å². The van der Waals surface area contributed by atoms with E-state index in [0.717, 1.165) is 0 Å². The first-order valence-corrected chi connectivity index (χ1v) is 18.8. The fourth-order valence-electron chi connectivity index (χ4n) is 9.02. The summed E-state index contributed by atoms with van der Waals surface area (Å²) in [7, 11) is 0. The van der Waals surface area contributed by atoms with Crippen molar-refractivity contribution in [1.29, 1.82) is 0 Å². The third-order valence-corrected chi connectivity index (χ3v) is 11.4. The van der Waals surface area contributed by atoms with Crippen molar-refractivity contribution in [1.82, 2.24) is 0 Å². The fraction of sp³-hybridized carbons (Fsp3) is 0. The molecule has 0 bridgehead atoms. The van der Waals surface area contributed by atoms with E-state index >= 15 is 0 Å². The molecule has 11 rings (SSSR count). The van der Waals surface area contributed by atoms with Crippen LogP contribution >= 0.6 is 0 Å². The number of hydrogen-bond donors (Lipinski definition) is 0. The van der Waals surface area contributed by atoms with Gasteiger partial charge in [-0.15, -0.1) is 0 Å². The van der Waals surface area contributed by atoms with E-state index in [1.54, 1.807) is 0 Å². The van der Waals surface area contributed by atoms with Crippen molar-refractivity contribution in [2.24, 2.45) is 0 Å². The molecule has 10 aromatic rings. The summed E-state index contributed by atoms with van der Waals surface area (Å²) in [5.41, 5.74) is 17.6. The van der Waals surface area contributed by atoms with Crippen LogP contribution in [0.5, 0.6) is 0 Å². The van der Waals surface area contributed by atoms with Gasteiger partial charge in [-0.25, -0.2) is 0 Å². The van der Waals surface area contributed by atoms with Crippen LogP contribution in [0.25, 0.3) is 110 Å². The van der Waals surface area contributed by atoms with Crippen molar-refractivity contribution in [2.45, 2.75) is 0 Å². The van der Waals surface area contributed by atoms with Gasteiger partial charge in [0.15, 0.2) is 0 Å². The topological polar surface area (TPSA) is 0 Å². The second-order valence-electron chi connectivity index (χ2n) is 14.3. The molecule has 54 heavy (non-hydrogen) atoms. The zero-order chi connectivity index (χ0) is 35.6. The van der Waals surface area contributed by atoms with Crippen molar-refractivity contribution in [3.63, 3.8) is 0 Å². The highest BCUT2D eigenvalue weighted by Crippen LogP contribution is 2.59. The Bertz CT molecular complexity index is 3050. The molecule has 0 radical (unpaired) electrons. The molecule has 0 aromatic heterocycles. The SMILES string of the molecule is c1ccc(-c2ccc(-c3cc(-c4cccc5ccccc45)c4c(c3-c3cccc5ccccc35)-c3cccc5c(-c6ccccc6)ccc-4c35)cc2)cc1. The average molecular weight is 683 g/mol. The first-order valence-electron chi connectivity index (χ1n) is 18.8. The number of fused-ring (bicyclic) bond motifs is 5. The number of rotatable bonds is 5. The van der Waals surface area contributed by atoms with Crippen molar-refractivity contribution < 1.29 is 0 Å². The summed E-state index contributed by atoms with van der Waals surface area (Å²) in [6.45, 7) is 0. The number of benzene rings is 10. The Kier molecular flexibility index (Phi) is 6.97. The predicted octanol–water partition coefficient (Wildman–Crippen LogP) is 15.1. The molecule has 1 aliphatic carbocycles. The second kappa shape index (κ2) is 12.3. The highest BCUT2D eigenvalue weighted by atomic mass is 14.3. The Morgan fingerprint density at radius 2 is 0.648 bits per heavy atom. The molecular formula is C54H34. The molecule has 0 amide bonds. The molecule has 0 saturated carbocycles. The molecule has 0 atom stereocenters. The van der Waals surface area contributed by atoms with E-state index in [1.165, 1.54) is 110 Å². The van der Waals surface area contributed by atoms with Gasteiger partial charge >= 0.3 is 0 Å². The van der Waals surface area contributed by atoms with Gasteiger partial charge in [0.1, 0.15) is 0 Å². The van der Waals surface area contributed by atoms with E-state index in [1.807, 2.05) is 0 Å². The summed E-state index contributed by atoms with van der Waals surface area (Å²) in [4.78, 5) is 0. The minimum atomic E-state index is 1.20. The molecular weight excluding hydrogens is 649 g/mol. The monoisotopic (exact) mass is 682 g/mol. The molecule has 1 aliphatic rings. The lowest BCUT2D eigenvalue weighted by atomic mass is 9.80. The first kappa shape index (κ1) is 30.6. The van der Waals surface area contributed by atoms with E-state index in [0.29, 0.717) is 0 Å². The Labute approximate surface area is 315 Å². The molecule has 0 nitrogen and oxygen atoms in total. The Balaban J connectivity index is 1.30. The van der Waals surface area contributed by atoms with Gasteiger partial charge in [-0.05, 0) is 116 Å². The van der Waals surface area contributed by atoms with Gasteiger partial charge in [-0.2, -0.15) is 0 Å². The second-order valence-corrected chi connectivity index (χ2v) is 14.3. The van der Waals surface area contributed by atoms with E-state index in [4.69, 9.17) is 0 Å². The van der Waals surface area contributed by atoms with Crippen LogP contribution in [0.2, 0.25) is 0 Å². The van der Waals surface area contributed by atoms with Gasteiger partial charge in [-0.3, -0.25) is 0 Å². The van der Waals surface area contributed by atoms with Gasteiger partial charge in [0.2, 0.25) is 0 Å². The number of hydrogen-bond acceptors (Lipinski definition) is 0. The van der Waals surface area contributed by atoms with E-state index < -0.39 is 0 Å². The third-order valence-electron chi connectivity index (χ3n) is 11.4. The van der Waals surface area contributed by atoms with Gasteiger partial charge in [0.05, 0.1) is 0 Å². The molecule has 250 valence electrons. The van der Waals surface area contributed by atoms with Crippen molar-refractivity contribution >= 4 is 32.3 Å². The van der Waals surface area contributed by atoms with Crippen LogP contribution in [-0.4, -0.2) is 0 Å². The summed E-state index contributed by atoms with van der Waals surface area (Å²) in [5.74, 6) is 0. The normalized spacial score (nSPS) is 11.7. The molecule has 0 heterocycles. The zero-order valence-corrected chi connectivity index (χ0v) is 29.6. The highest BCUT2D eigenvalue weighted by Gasteiger charge is 2.32. The molecule has 0 saturated heterocycles. The maximum atomic E-state index is 2.50. The minimum Gasteiger partial charge on any atom is -0.0622 e. The van der Waals surface area contributed by atoms with Crippen LogP contribution in [0, 0.1) is 0 Å². The lowest BCUT2D eigenvalue weighted by Crippen LogP contribution is -1.96. The summed E-state index contributed by atoms with van der Waals surface area (Å²) < 4.78 is 0. The molecule has 0 unspecified atom stereocenters. The van der Waals surface area contributed by atoms with E-state index in [-0.39, 0.29) is 0 Å². The van der Waals surface area contributed by atoms with Crippen LogP contribution in [0.15, 0.2) is 206 Å². The van der Waals surface area contributed by atoms with Gasteiger partial charge in [-0.1, -0.05) is 200 Å². The summed E-state index contributed by atoms with van der Waals surface area (Å²) in [6, 6.07) is 76.1. The first-order chi connectivity index (χ1) is 26.8. The molecule has 0 heteroatoms. The molecule has 0 aliphatic heterocycles. The summed E-state index contributed by atoms with van der Waals surface area (Å²) in [5, 5.41) is 7.62. The standard InChI is InChI=1S/C54H34/c1-3-14-35(15-4-1)36-28-30-40(31-29-36)49-34-50(44-24-11-20-38-18-7-9-22-41(38)44)53-48-33-32-43(37-16-5-2-6-17-37)45-26-13-27-47(51(45)48)54(53)52(49)46-25-12-21-39-19-8-10-23-42(39)46/h1-34H. The average Bonchev–Trinajstić information content (AvgIpc) is 3.59. The van der Waals surface area contributed by atoms with Crippen molar-refractivity contribution in [2.75, 3.05) is 0 Å². The molecule has 0 N–H and O–H groups in total. The smallest absolute Gasteiger partial charge is 0.000741 e. The highest BCUT2D eigenvalue weighted by molar-refractivity contribution is 6.26. The van der Waals surface area contributed by atoms with Crippen LogP contribution < -0.4 is 0 Å². The maximum absolute atomic E-state index is 2.50. The minimum absolute atomic E-state index is 1.20. The molecule has 0 spiro atoms. The lowest BCUT2D eigenvalue weighted by Gasteiger charge is -2.22. The summed E-state index contributed by atoms with van der Waals surface area (Å²) >= 11 is 0. The predicted molar refractivity (Wildman–Crippen MR) is 231 cm³/mol. The van der Waals surface area contributed by atoms with Gasteiger partial charge < -0.3 is 0 Å². The molecule has 0 fully saturated rings. The maximum Gasteiger partial charge on any atom is -0.000741 e. The molecule has 10 aromatic carbocycles. The van der Waals surface area contributed by atoms with E-state index in [9.17, 15) is 0 Å². The summed E-state index contributed by atoms with van der Waals surface area (Å²) in [6.07, 6.45) is 0. The van der Waals surface area contributed by atoms with Gasteiger partial charge in [0.25, 0.3) is 0 Å². The van der Waals surface area contributed by atoms with Crippen LogP contribution in [0.1, 0.15) is 0 Å². The van der Waals surface area contributed by atoms with Crippen molar-refractivity contribution in [3.8, 4) is 77.9 Å². The van der Waals surface area contributed by atoms with Crippen LogP contribution in [0.4, 0.5) is 0 Å².